The minimum Gasteiger partial charge on any atom is -0.493 e. The summed E-state index contributed by atoms with van der Waals surface area (Å²) in [6, 6.07) is 3.57. The molecule has 1 aromatic rings. The maximum Gasteiger partial charge on any atom is 0.220 e. The van der Waals surface area contributed by atoms with Gasteiger partial charge in [-0.1, -0.05) is 0 Å². The molecule has 0 unspecified atom stereocenters. The number of anilines is 1. The van der Waals surface area contributed by atoms with Gasteiger partial charge in [0.15, 0.2) is 11.5 Å². The van der Waals surface area contributed by atoms with E-state index < -0.39 is 5.66 Å². The van der Waals surface area contributed by atoms with Gasteiger partial charge < -0.3 is 25.7 Å². The second-order valence-electron chi connectivity index (χ2n) is 5.12. The van der Waals surface area contributed by atoms with Crippen LogP contribution >= 0.6 is 0 Å². The highest BCUT2D eigenvalue weighted by molar-refractivity contribution is 6.06. The Morgan fingerprint density at radius 2 is 1.64 bits per heavy atom. The molecule has 0 bridgehead atoms. The van der Waals surface area contributed by atoms with Crippen molar-refractivity contribution in [2.75, 3.05) is 26.2 Å². The third-order valence-electron chi connectivity index (χ3n) is 3.32. The van der Waals surface area contributed by atoms with Gasteiger partial charge in [0, 0.05) is 0 Å². The van der Waals surface area contributed by atoms with Gasteiger partial charge in [-0.2, -0.15) is 4.99 Å². The normalized spacial score (nSPS) is 16.7. The fourth-order valence-electron chi connectivity index (χ4n) is 2.48. The lowest BCUT2D eigenvalue weighted by Gasteiger charge is -2.39. The number of hydrogen-bond acceptors (Lipinski definition) is 8. The van der Waals surface area contributed by atoms with Crippen molar-refractivity contribution in [3.8, 4) is 17.2 Å². The van der Waals surface area contributed by atoms with E-state index in [-0.39, 0.29) is 11.9 Å². The first-order valence-electron chi connectivity index (χ1n) is 6.64. The van der Waals surface area contributed by atoms with Gasteiger partial charge in [-0.25, -0.2) is 4.99 Å². The molecule has 120 valence electrons. The summed E-state index contributed by atoms with van der Waals surface area (Å²) in [6.07, 6.45) is 0. The zero-order valence-corrected chi connectivity index (χ0v) is 13.4. The molecule has 0 saturated carbocycles. The Balaban J connectivity index is 2.65. The summed E-state index contributed by atoms with van der Waals surface area (Å²) >= 11 is 0. The van der Waals surface area contributed by atoms with Gasteiger partial charge in [0.25, 0.3) is 0 Å². The summed E-state index contributed by atoms with van der Waals surface area (Å²) in [5.41, 5.74) is 11.7. The van der Waals surface area contributed by atoms with Crippen LogP contribution in [0.4, 0.5) is 5.69 Å². The predicted molar refractivity (Wildman–Crippen MR) is 85.9 cm³/mol. The van der Waals surface area contributed by atoms with Crippen LogP contribution in [0, 0.1) is 0 Å². The van der Waals surface area contributed by atoms with E-state index in [0.29, 0.717) is 22.9 Å². The molecule has 0 radical (unpaired) electrons. The maximum absolute atomic E-state index is 6.05. The number of benzene rings is 1. The van der Waals surface area contributed by atoms with Gasteiger partial charge in [-0.3, -0.25) is 4.90 Å². The molecule has 0 amide bonds. The Labute approximate surface area is 129 Å². The van der Waals surface area contributed by atoms with Gasteiger partial charge in [-0.15, -0.1) is 0 Å². The Morgan fingerprint density at radius 3 is 2.14 bits per heavy atom. The zero-order valence-electron chi connectivity index (χ0n) is 13.4. The SMILES string of the molecule is COc1ccc(N2C(N)=NC(N)=NC2(C)C)c(OC)c1OC. The van der Waals surface area contributed by atoms with E-state index in [1.165, 1.54) is 0 Å². The van der Waals surface area contributed by atoms with Crippen LogP contribution in [0.15, 0.2) is 22.1 Å². The summed E-state index contributed by atoms with van der Waals surface area (Å²) in [5, 5.41) is 0. The molecule has 22 heavy (non-hydrogen) atoms. The van der Waals surface area contributed by atoms with E-state index in [4.69, 9.17) is 25.7 Å². The molecule has 0 aromatic heterocycles. The number of rotatable bonds is 4. The van der Waals surface area contributed by atoms with E-state index in [9.17, 15) is 0 Å². The Hall–Kier alpha value is -2.64. The lowest BCUT2D eigenvalue weighted by atomic mass is 10.1. The van der Waals surface area contributed by atoms with Gasteiger partial charge in [0.2, 0.25) is 17.7 Å². The minimum absolute atomic E-state index is 0.137. The van der Waals surface area contributed by atoms with E-state index in [0.717, 1.165) is 0 Å². The Bertz CT molecular complexity index is 640. The lowest BCUT2D eigenvalue weighted by Crippen LogP contribution is -2.54. The quantitative estimate of drug-likeness (QED) is 0.855. The summed E-state index contributed by atoms with van der Waals surface area (Å²) in [7, 11) is 4.64. The summed E-state index contributed by atoms with van der Waals surface area (Å²) < 4.78 is 16.2. The number of aliphatic imine (C=N–C) groups is 2. The number of nitrogens with two attached hydrogens (primary N) is 2. The van der Waals surface area contributed by atoms with E-state index in [1.807, 2.05) is 13.8 Å². The molecule has 0 saturated heterocycles. The molecule has 2 rings (SSSR count). The lowest BCUT2D eigenvalue weighted by molar-refractivity contribution is 0.324. The average molecular weight is 307 g/mol. The molecule has 1 heterocycles. The average Bonchev–Trinajstić information content (AvgIpc) is 2.44. The van der Waals surface area contributed by atoms with Crippen LogP contribution in [-0.2, 0) is 0 Å². The fraction of sp³-hybridized carbons (Fsp3) is 0.429. The highest BCUT2D eigenvalue weighted by atomic mass is 16.5. The highest BCUT2D eigenvalue weighted by Crippen LogP contribution is 2.46. The number of ether oxygens (including phenoxy) is 3. The fourth-order valence-corrected chi connectivity index (χ4v) is 2.48. The Morgan fingerprint density at radius 1 is 1.00 bits per heavy atom. The smallest absolute Gasteiger partial charge is 0.220 e. The number of methoxy groups -OCH3 is 3. The first-order chi connectivity index (χ1) is 10.4. The largest absolute Gasteiger partial charge is 0.493 e. The molecule has 4 N–H and O–H groups in total. The second kappa shape index (κ2) is 5.63. The number of nitrogens with zero attached hydrogens (tertiary/aromatic N) is 3. The van der Waals surface area contributed by atoms with Crippen LogP contribution < -0.4 is 30.6 Å². The van der Waals surface area contributed by atoms with Crippen LogP contribution in [0.2, 0.25) is 0 Å². The van der Waals surface area contributed by atoms with Gasteiger partial charge >= 0.3 is 0 Å². The van der Waals surface area contributed by atoms with Crippen LogP contribution in [-0.4, -0.2) is 38.9 Å². The first kappa shape index (κ1) is 15.7. The van der Waals surface area contributed by atoms with Crippen molar-refractivity contribution in [2.24, 2.45) is 21.5 Å². The standard InChI is InChI=1S/C14H21N5O3/c1-14(2)18-12(15)17-13(16)19(14)8-6-7-9(20-3)11(22-5)10(8)21-4/h6-7H,1-5H3,(H4,15,16,17,18). The van der Waals surface area contributed by atoms with Crippen LogP contribution in [0.25, 0.3) is 0 Å². The molecular formula is C14H21N5O3. The van der Waals surface area contributed by atoms with Crippen LogP contribution in [0.3, 0.4) is 0 Å². The van der Waals surface area contributed by atoms with Gasteiger partial charge in [-0.05, 0) is 26.0 Å². The molecule has 8 nitrogen and oxygen atoms in total. The predicted octanol–water partition coefficient (Wildman–Crippen LogP) is 0.898. The van der Waals surface area contributed by atoms with Crippen molar-refractivity contribution in [3.63, 3.8) is 0 Å². The molecule has 1 aliphatic rings. The van der Waals surface area contributed by atoms with E-state index in [2.05, 4.69) is 9.98 Å². The Kier molecular flexibility index (Phi) is 4.03. The minimum atomic E-state index is -0.719. The molecular weight excluding hydrogens is 286 g/mol. The van der Waals surface area contributed by atoms with E-state index in [1.54, 1.807) is 38.4 Å². The van der Waals surface area contributed by atoms with E-state index >= 15 is 0 Å². The topological polar surface area (TPSA) is 108 Å². The van der Waals surface area contributed by atoms with Gasteiger partial charge in [0.05, 0.1) is 27.0 Å². The molecule has 0 spiro atoms. The summed E-state index contributed by atoms with van der Waals surface area (Å²) in [6.45, 7) is 3.75. The van der Waals surface area contributed by atoms with Crippen LogP contribution in [0.5, 0.6) is 17.2 Å². The third-order valence-corrected chi connectivity index (χ3v) is 3.32. The summed E-state index contributed by atoms with van der Waals surface area (Å²) in [4.78, 5) is 10.1. The highest BCUT2D eigenvalue weighted by Gasteiger charge is 2.36. The number of hydrogen-bond donors (Lipinski definition) is 2. The second-order valence-corrected chi connectivity index (χ2v) is 5.12. The maximum atomic E-state index is 6.05. The molecule has 1 aliphatic heterocycles. The molecule has 8 heteroatoms. The van der Waals surface area contributed by atoms with Crippen molar-refractivity contribution in [3.05, 3.63) is 12.1 Å². The molecule has 1 aromatic carbocycles. The molecule has 0 fully saturated rings. The van der Waals surface area contributed by atoms with Crippen molar-refractivity contribution in [2.45, 2.75) is 19.5 Å². The van der Waals surface area contributed by atoms with Crippen molar-refractivity contribution in [1.82, 2.24) is 0 Å². The van der Waals surface area contributed by atoms with Crippen molar-refractivity contribution >= 4 is 17.6 Å². The third kappa shape index (κ3) is 2.47. The zero-order chi connectivity index (χ0) is 16.5. The van der Waals surface area contributed by atoms with Crippen LogP contribution in [0.1, 0.15) is 13.8 Å². The molecule has 0 atom stereocenters. The first-order valence-corrected chi connectivity index (χ1v) is 6.64. The van der Waals surface area contributed by atoms with Crippen molar-refractivity contribution in [1.29, 1.82) is 0 Å². The summed E-state index contributed by atoms with van der Waals surface area (Å²) in [5.74, 6) is 1.86. The number of guanidine groups is 2. The monoisotopic (exact) mass is 307 g/mol. The van der Waals surface area contributed by atoms with Crippen molar-refractivity contribution < 1.29 is 14.2 Å². The van der Waals surface area contributed by atoms with Gasteiger partial charge in [0.1, 0.15) is 5.66 Å². The molecule has 0 aliphatic carbocycles.